The topological polar surface area (TPSA) is 41.5 Å². The maximum Gasteiger partial charge on any atom is 0.240 e. The molecule has 0 aliphatic heterocycles. The number of nitrogens with zero attached hydrogens (tertiary/aromatic N) is 1. The predicted molar refractivity (Wildman–Crippen MR) is 81.4 cm³/mol. The summed E-state index contributed by atoms with van der Waals surface area (Å²) in [5.74, 6) is 2.88. The smallest absolute Gasteiger partial charge is 0.240 e. The van der Waals surface area contributed by atoms with Crippen LogP contribution in [0.3, 0.4) is 0 Å². The summed E-state index contributed by atoms with van der Waals surface area (Å²) < 4.78 is 0. The van der Waals surface area contributed by atoms with Crippen LogP contribution in [0.5, 0.6) is 0 Å². The van der Waals surface area contributed by atoms with Gasteiger partial charge < -0.3 is 0 Å². The van der Waals surface area contributed by atoms with E-state index in [0.717, 1.165) is 30.6 Å². The van der Waals surface area contributed by atoms with Gasteiger partial charge in [0.05, 0.1) is 0 Å². The number of hydrogen-bond donors (Lipinski definition) is 1. The van der Waals surface area contributed by atoms with Crippen molar-refractivity contribution in [2.45, 2.75) is 71.6 Å². The minimum atomic E-state index is 0.0796. The number of carbonyl (C=O) groups is 1. The molecule has 4 rings (SSSR count). The zero-order valence-electron chi connectivity index (χ0n) is 13.0. The molecule has 4 aliphatic carbocycles. The first-order chi connectivity index (χ1) is 9.61. The summed E-state index contributed by atoms with van der Waals surface area (Å²) >= 11 is 0. The second-order valence-corrected chi connectivity index (χ2v) is 7.53. The summed E-state index contributed by atoms with van der Waals surface area (Å²) in [7, 11) is 0. The quantitative estimate of drug-likeness (QED) is 0.601. The van der Waals surface area contributed by atoms with Gasteiger partial charge in [-0.05, 0) is 69.6 Å². The molecule has 4 saturated carbocycles. The van der Waals surface area contributed by atoms with Gasteiger partial charge in [0.1, 0.15) is 0 Å². The van der Waals surface area contributed by atoms with E-state index >= 15 is 0 Å². The van der Waals surface area contributed by atoms with Crippen LogP contribution in [-0.2, 0) is 4.79 Å². The van der Waals surface area contributed by atoms with Crippen molar-refractivity contribution in [1.82, 2.24) is 5.43 Å². The number of carbonyl (C=O) groups excluding carboxylic acids is 1. The van der Waals surface area contributed by atoms with Crippen LogP contribution in [0.25, 0.3) is 0 Å². The van der Waals surface area contributed by atoms with Gasteiger partial charge in [0.2, 0.25) is 5.91 Å². The molecule has 0 aromatic heterocycles. The van der Waals surface area contributed by atoms with E-state index in [1.807, 2.05) is 0 Å². The second-order valence-electron chi connectivity index (χ2n) is 7.53. The van der Waals surface area contributed by atoms with Crippen molar-refractivity contribution in [1.29, 1.82) is 0 Å². The number of hydrazone groups is 1. The Morgan fingerprint density at radius 2 is 1.70 bits per heavy atom. The molecule has 4 aliphatic rings. The van der Waals surface area contributed by atoms with E-state index in [2.05, 4.69) is 24.4 Å². The van der Waals surface area contributed by atoms with Crippen LogP contribution >= 0.6 is 0 Å². The first kappa shape index (κ1) is 14.1. The standard InChI is InChI=1S/C17H28N2O/c1-3-4-5-16(20)19-18-12(2)17-9-13-6-14(10-17)8-15(7-13)11-17/h13-15H,3-11H2,1-2H3,(H,19,20)/b18-12-. The Morgan fingerprint density at radius 3 is 2.20 bits per heavy atom. The summed E-state index contributed by atoms with van der Waals surface area (Å²) in [5.41, 5.74) is 4.31. The number of hydrogen-bond acceptors (Lipinski definition) is 2. The lowest BCUT2D eigenvalue weighted by atomic mass is 9.48. The first-order valence-electron chi connectivity index (χ1n) is 8.45. The Kier molecular flexibility index (Phi) is 3.87. The number of nitrogens with one attached hydrogen (secondary N) is 1. The van der Waals surface area contributed by atoms with Crippen LogP contribution < -0.4 is 5.43 Å². The molecule has 0 unspecified atom stereocenters. The van der Waals surface area contributed by atoms with Crippen molar-refractivity contribution < 1.29 is 4.79 Å². The van der Waals surface area contributed by atoms with Crippen molar-refractivity contribution >= 4 is 11.6 Å². The first-order valence-corrected chi connectivity index (χ1v) is 8.45. The molecule has 0 saturated heterocycles. The van der Waals surface area contributed by atoms with Crippen LogP contribution in [0, 0.1) is 23.2 Å². The van der Waals surface area contributed by atoms with Crippen molar-refractivity contribution in [2.75, 3.05) is 0 Å². The van der Waals surface area contributed by atoms with Crippen molar-refractivity contribution in [3.05, 3.63) is 0 Å². The Hall–Kier alpha value is -0.860. The molecular formula is C17H28N2O. The monoisotopic (exact) mass is 276 g/mol. The summed E-state index contributed by atoms with van der Waals surface area (Å²) in [4.78, 5) is 11.7. The SMILES string of the molecule is CCCCC(=O)N/N=C(/C)C12CC3CC(CC(C3)C1)C2. The summed E-state index contributed by atoms with van der Waals surface area (Å²) in [6.45, 7) is 4.25. The molecule has 0 heterocycles. The molecule has 0 spiro atoms. The van der Waals surface area contributed by atoms with Gasteiger partial charge in [0.25, 0.3) is 0 Å². The second kappa shape index (κ2) is 5.50. The number of rotatable bonds is 5. The Labute approximate surface area is 122 Å². The van der Waals surface area contributed by atoms with E-state index in [9.17, 15) is 4.79 Å². The van der Waals surface area contributed by atoms with Gasteiger partial charge in [-0.25, -0.2) is 5.43 Å². The normalized spacial score (nSPS) is 39.1. The Balaban J connectivity index is 1.64. The highest BCUT2D eigenvalue weighted by molar-refractivity contribution is 5.89. The maximum absolute atomic E-state index is 11.7. The van der Waals surface area contributed by atoms with Crippen LogP contribution in [0.4, 0.5) is 0 Å². The lowest BCUT2D eigenvalue weighted by Gasteiger charge is -2.56. The third-order valence-corrected chi connectivity index (χ3v) is 5.91. The van der Waals surface area contributed by atoms with Crippen LogP contribution in [0.2, 0.25) is 0 Å². The largest absolute Gasteiger partial charge is 0.273 e. The average Bonchev–Trinajstić information content (AvgIpc) is 2.41. The van der Waals surface area contributed by atoms with Gasteiger partial charge in [-0.2, -0.15) is 5.10 Å². The van der Waals surface area contributed by atoms with Gasteiger partial charge >= 0.3 is 0 Å². The van der Waals surface area contributed by atoms with E-state index in [1.54, 1.807) is 0 Å². The molecule has 20 heavy (non-hydrogen) atoms. The van der Waals surface area contributed by atoms with Gasteiger partial charge in [0, 0.05) is 17.5 Å². The molecule has 112 valence electrons. The van der Waals surface area contributed by atoms with E-state index in [4.69, 9.17) is 0 Å². The predicted octanol–water partition coefficient (Wildman–Crippen LogP) is 3.89. The molecule has 0 aromatic carbocycles. The van der Waals surface area contributed by atoms with Crippen LogP contribution in [-0.4, -0.2) is 11.6 Å². The van der Waals surface area contributed by atoms with Gasteiger partial charge in [-0.3, -0.25) is 4.79 Å². The minimum Gasteiger partial charge on any atom is -0.273 e. The Bertz CT molecular complexity index is 378. The average molecular weight is 276 g/mol. The lowest BCUT2D eigenvalue weighted by Crippen LogP contribution is -2.49. The third kappa shape index (κ3) is 2.64. The fraction of sp³-hybridized carbons (Fsp3) is 0.882. The fourth-order valence-electron chi connectivity index (χ4n) is 5.21. The van der Waals surface area contributed by atoms with Gasteiger partial charge in [-0.1, -0.05) is 13.3 Å². The molecule has 3 heteroatoms. The number of amides is 1. The molecule has 4 bridgehead atoms. The van der Waals surface area contributed by atoms with Crippen molar-refractivity contribution in [2.24, 2.45) is 28.3 Å². The third-order valence-electron chi connectivity index (χ3n) is 5.91. The van der Waals surface area contributed by atoms with Crippen molar-refractivity contribution in [3.8, 4) is 0 Å². The zero-order chi connectivity index (χ0) is 14.2. The van der Waals surface area contributed by atoms with Crippen LogP contribution in [0.15, 0.2) is 5.10 Å². The van der Waals surface area contributed by atoms with Crippen LogP contribution in [0.1, 0.15) is 71.6 Å². The highest BCUT2D eigenvalue weighted by Gasteiger charge is 2.52. The van der Waals surface area contributed by atoms with E-state index in [0.29, 0.717) is 11.8 Å². The highest BCUT2D eigenvalue weighted by Crippen LogP contribution is 2.60. The van der Waals surface area contributed by atoms with E-state index in [-0.39, 0.29) is 5.91 Å². The molecule has 3 nitrogen and oxygen atoms in total. The van der Waals surface area contributed by atoms with Gasteiger partial charge in [0.15, 0.2) is 0 Å². The lowest BCUT2D eigenvalue weighted by molar-refractivity contribution is -0.121. The van der Waals surface area contributed by atoms with E-state index in [1.165, 1.54) is 44.2 Å². The molecular weight excluding hydrogens is 248 g/mol. The number of unbranched alkanes of at least 4 members (excludes halogenated alkanes) is 1. The molecule has 0 radical (unpaired) electrons. The van der Waals surface area contributed by atoms with Gasteiger partial charge in [-0.15, -0.1) is 0 Å². The molecule has 4 fully saturated rings. The molecule has 1 amide bonds. The summed E-state index contributed by atoms with van der Waals surface area (Å²) in [6.07, 6.45) is 10.9. The summed E-state index contributed by atoms with van der Waals surface area (Å²) in [6, 6.07) is 0. The van der Waals surface area contributed by atoms with Crippen molar-refractivity contribution in [3.63, 3.8) is 0 Å². The molecule has 1 N–H and O–H groups in total. The van der Waals surface area contributed by atoms with E-state index < -0.39 is 0 Å². The molecule has 0 atom stereocenters. The fourth-order valence-corrected chi connectivity index (χ4v) is 5.21. The molecule has 0 aromatic rings. The highest BCUT2D eigenvalue weighted by atomic mass is 16.2. The minimum absolute atomic E-state index is 0.0796. The summed E-state index contributed by atoms with van der Waals surface area (Å²) in [5, 5.41) is 4.48. The Morgan fingerprint density at radius 1 is 1.15 bits per heavy atom. The maximum atomic E-state index is 11.7. The zero-order valence-corrected chi connectivity index (χ0v) is 13.0.